The molecular formula is C12H19N5. The van der Waals surface area contributed by atoms with E-state index in [0.29, 0.717) is 12.6 Å². The van der Waals surface area contributed by atoms with Crippen molar-refractivity contribution in [1.29, 1.82) is 0 Å². The Labute approximate surface area is 101 Å². The van der Waals surface area contributed by atoms with Crippen molar-refractivity contribution >= 4 is 5.82 Å². The molecule has 0 aliphatic carbocycles. The van der Waals surface area contributed by atoms with Crippen LogP contribution in [-0.4, -0.2) is 19.6 Å². The lowest BCUT2D eigenvalue weighted by molar-refractivity contribution is 0.479. The number of nitrogens with one attached hydrogen (secondary N) is 1. The minimum absolute atomic E-state index is 0.445. The van der Waals surface area contributed by atoms with Crippen molar-refractivity contribution in [3.63, 3.8) is 0 Å². The third kappa shape index (κ3) is 2.87. The lowest BCUT2D eigenvalue weighted by Crippen LogP contribution is -2.06. The van der Waals surface area contributed by atoms with Crippen molar-refractivity contribution in [2.24, 2.45) is 7.05 Å². The second-order valence-corrected chi connectivity index (χ2v) is 4.27. The number of rotatable bonds is 5. The summed E-state index contributed by atoms with van der Waals surface area (Å²) in [5.74, 6) is 0.899. The topological polar surface area (TPSA) is 47.7 Å². The highest BCUT2D eigenvalue weighted by molar-refractivity contribution is 5.32. The minimum Gasteiger partial charge on any atom is -0.363 e. The molecule has 1 unspecified atom stereocenters. The van der Waals surface area contributed by atoms with Gasteiger partial charge in [0.2, 0.25) is 0 Å². The number of hydrogen-bond donors (Lipinski definition) is 1. The predicted octanol–water partition coefficient (Wildman–Crippen LogP) is 2.20. The Hall–Kier alpha value is -1.78. The van der Waals surface area contributed by atoms with Gasteiger partial charge in [-0.3, -0.25) is 9.36 Å². The van der Waals surface area contributed by atoms with E-state index in [1.807, 2.05) is 36.3 Å². The molecule has 0 aromatic carbocycles. The molecule has 2 rings (SSSR count). The van der Waals surface area contributed by atoms with Gasteiger partial charge in [-0.25, -0.2) is 0 Å². The Balaban J connectivity index is 1.93. The fourth-order valence-corrected chi connectivity index (χ4v) is 1.60. The van der Waals surface area contributed by atoms with Crippen molar-refractivity contribution in [3.05, 3.63) is 30.2 Å². The first-order valence-corrected chi connectivity index (χ1v) is 5.96. The van der Waals surface area contributed by atoms with Crippen molar-refractivity contribution in [1.82, 2.24) is 19.6 Å². The Bertz CT molecular complexity index is 471. The van der Waals surface area contributed by atoms with Crippen LogP contribution in [0.1, 0.15) is 32.0 Å². The van der Waals surface area contributed by atoms with Crippen LogP contribution in [0.4, 0.5) is 5.82 Å². The first kappa shape index (κ1) is 11.7. The monoisotopic (exact) mass is 233 g/mol. The van der Waals surface area contributed by atoms with Crippen molar-refractivity contribution in [3.8, 4) is 0 Å². The number of anilines is 1. The highest BCUT2D eigenvalue weighted by atomic mass is 15.3. The van der Waals surface area contributed by atoms with Crippen LogP contribution in [-0.2, 0) is 13.6 Å². The second kappa shape index (κ2) is 5.03. The molecular weight excluding hydrogens is 214 g/mol. The Morgan fingerprint density at radius 2 is 2.12 bits per heavy atom. The molecule has 2 aromatic rings. The fraction of sp³-hybridized carbons (Fsp3) is 0.500. The molecule has 0 spiro atoms. The summed E-state index contributed by atoms with van der Waals surface area (Å²) in [5.41, 5.74) is 1.02. The second-order valence-electron chi connectivity index (χ2n) is 4.27. The Kier molecular flexibility index (Phi) is 3.46. The molecule has 0 amide bonds. The van der Waals surface area contributed by atoms with Gasteiger partial charge in [0.05, 0.1) is 12.2 Å². The quantitative estimate of drug-likeness (QED) is 0.861. The van der Waals surface area contributed by atoms with E-state index in [2.05, 4.69) is 29.4 Å². The molecule has 92 valence electrons. The summed E-state index contributed by atoms with van der Waals surface area (Å²) in [5, 5.41) is 12.0. The normalized spacial score (nSPS) is 12.6. The van der Waals surface area contributed by atoms with E-state index in [1.165, 1.54) is 0 Å². The molecule has 0 aliphatic rings. The average Bonchev–Trinajstić information content (AvgIpc) is 2.94. The number of nitrogens with zero attached hydrogens (tertiary/aromatic N) is 4. The summed E-state index contributed by atoms with van der Waals surface area (Å²) < 4.78 is 3.79. The lowest BCUT2D eigenvalue weighted by atomic mass is 10.3. The number of hydrogen-bond acceptors (Lipinski definition) is 3. The summed E-state index contributed by atoms with van der Waals surface area (Å²) >= 11 is 0. The molecule has 0 saturated heterocycles. The maximum atomic E-state index is 4.47. The van der Waals surface area contributed by atoms with E-state index in [4.69, 9.17) is 0 Å². The van der Waals surface area contributed by atoms with Gasteiger partial charge in [0.15, 0.2) is 0 Å². The maximum absolute atomic E-state index is 4.47. The van der Waals surface area contributed by atoms with E-state index in [0.717, 1.165) is 17.9 Å². The van der Waals surface area contributed by atoms with Gasteiger partial charge in [-0.15, -0.1) is 0 Å². The molecule has 0 bridgehead atoms. The van der Waals surface area contributed by atoms with Crippen molar-refractivity contribution in [2.45, 2.75) is 32.9 Å². The summed E-state index contributed by atoms with van der Waals surface area (Å²) in [6, 6.07) is 4.44. The first-order chi connectivity index (χ1) is 8.19. The zero-order valence-electron chi connectivity index (χ0n) is 10.6. The Morgan fingerprint density at radius 3 is 2.76 bits per heavy atom. The highest BCUT2D eigenvalue weighted by Crippen LogP contribution is 2.12. The summed E-state index contributed by atoms with van der Waals surface area (Å²) in [7, 11) is 1.92. The molecule has 5 nitrogen and oxygen atoms in total. The van der Waals surface area contributed by atoms with Gasteiger partial charge in [0.1, 0.15) is 5.82 Å². The molecule has 2 heterocycles. The highest BCUT2D eigenvalue weighted by Gasteiger charge is 2.04. The van der Waals surface area contributed by atoms with Gasteiger partial charge in [-0.1, -0.05) is 6.92 Å². The third-order valence-corrected chi connectivity index (χ3v) is 2.87. The molecule has 17 heavy (non-hydrogen) atoms. The molecule has 0 aliphatic heterocycles. The van der Waals surface area contributed by atoms with Crippen LogP contribution in [0.3, 0.4) is 0 Å². The first-order valence-electron chi connectivity index (χ1n) is 5.96. The maximum Gasteiger partial charge on any atom is 0.148 e. The zero-order valence-corrected chi connectivity index (χ0v) is 10.6. The van der Waals surface area contributed by atoms with Crippen molar-refractivity contribution < 1.29 is 0 Å². The van der Waals surface area contributed by atoms with E-state index in [9.17, 15) is 0 Å². The van der Waals surface area contributed by atoms with Crippen LogP contribution in [0, 0.1) is 0 Å². The minimum atomic E-state index is 0.445. The van der Waals surface area contributed by atoms with Crippen LogP contribution in [0.2, 0.25) is 0 Å². The van der Waals surface area contributed by atoms with Gasteiger partial charge in [0.25, 0.3) is 0 Å². The van der Waals surface area contributed by atoms with Gasteiger partial charge >= 0.3 is 0 Å². The predicted molar refractivity (Wildman–Crippen MR) is 67.8 cm³/mol. The van der Waals surface area contributed by atoms with E-state index >= 15 is 0 Å². The largest absolute Gasteiger partial charge is 0.363 e. The van der Waals surface area contributed by atoms with Gasteiger partial charge in [-0.05, 0) is 19.4 Å². The van der Waals surface area contributed by atoms with E-state index in [1.54, 1.807) is 4.68 Å². The molecule has 0 radical (unpaired) electrons. The molecule has 0 saturated carbocycles. The smallest absolute Gasteiger partial charge is 0.148 e. The SMILES string of the molecule is CCC(C)n1ccc(NCc2ccn(C)n2)n1. The van der Waals surface area contributed by atoms with Crippen LogP contribution >= 0.6 is 0 Å². The molecule has 1 atom stereocenters. The van der Waals surface area contributed by atoms with Crippen LogP contribution < -0.4 is 5.32 Å². The molecule has 1 N–H and O–H groups in total. The average molecular weight is 233 g/mol. The van der Waals surface area contributed by atoms with Gasteiger partial charge in [-0.2, -0.15) is 10.2 Å². The van der Waals surface area contributed by atoms with Gasteiger partial charge < -0.3 is 5.32 Å². The lowest BCUT2D eigenvalue weighted by Gasteiger charge is -2.08. The van der Waals surface area contributed by atoms with Crippen molar-refractivity contribution in [2.75, 3.05) is 5.32 Å². The summed E-state index contributed by atoms with van der Waals surface area (Å²) in [6.45, 7) is 5.03. The van der Waals surface area contributed by atoms with Crippen LogP contribution in [0.5, 0.6) is 0 Å². The fourth-order valence-electron chi connectivity index (χ4n) is 1.60. The van der Waals surface area contributed by atoms with E-state index in [-0.39, 0.29) is 0 Å². The van der Waals surface area contributed by atoms with Gasteiger partial charge in [0, 0.05) is 31.5 Å². The van der Waals surface area contributed by atoms with E-state index < -0.39 is 0 Å². The third-order valence-electron chi connectivity index (χ3n) is 2.87. The van der Waals surface area contributed by atoms with Crippen LogP contribution in [0.15, 0.2) is 24.5 Å². The molecule has 5 heteroatoms. The molecule has 0 fully saturated rings. The summed E-state index contributed by atoms with van der Waals surface area (Å²) in [6.07, 6.45) is 5.03. The summed E-state index contributed by atoms with van der Waals surface area (Å²) in [4.78, 5) is 0. The number of aryl methyl sites for hydroxylation is 1. The zero-order chi connectivity index (χ0) is 12.3. The number of aromatic nitrogens is 4. The molecule has 2 aromatic heterocycles. The Morgan fingerprint density at radius 1 is 1.29 bits per heavy atom. The van der Waals surface area contributed by atoms with Crippen LogP contribution in [0.25, 0.3) is 0 Å². The standard InChI is InChI=1S/C12H19N5/c1-4-10(2)17-8-6-12(15-17)13-9-11-5-7-16(3)14-11/h5-8,10H,4,9H2,1-3H3,(H,13,15).